The molecule has 0 atom stereocenters. The Morgan fingerprint density at radius 2 is 1.83 bits per heavy atom. The van der Waals surface area contributed by atoms with Crippen LogP contribution in [0.25, 0.3) is 6.08 Å². The van der Waals surface area contributed by atoms with Crippen molar-refractivity contribution >= 4 is 58.3 Å². The minimum atomic E-state index is -0.235. The lowest BCUT2D eigenvalue weighted by Gasteiger charge is -2.13. The van der Waals surface area contributed by atoms with Gasteiger partial charge in [-0.05, 0) is 89.6 Å². The number of rotatable bonds is 9. The van der Waals surface area contributed by atoms with E-state index in [0.29, 0.717) is 37.4 Å². The second-order valence-corrected chi connectivity index (χ2v) is 10.6. The molecular formula is C30H23Cl2N3O5S. The van der Waals surface area contributed by atoms with Gasteiger partial charge in [0.1, 0.15) is 18.1 Å². The van der Waals surface area contributed by atoms with Crippen molar-refractivity contribution in [2.75, 3.05) is 7.11 Å². The van der Waals surface area contributed by atoms with Crippen molar-refractivity contribution < 1.29 is 23.8 Å². The van der Waals surface area contributed by atoms with Gasteiger partial charge >= 0.3 is 0 Å². The van der Waals surface area contributed by atoms with Gasteiger partial charge in [-0.3, -0.25) is 9.69 Å². The second-order valence-electron chi connectivity index (χ2n) is 8.73. The van der Waals surface area contributed by atoms with E-state index in [4.69, 9.17) is 37.1 Å². The molecule has 1 aromatic heterocycles. The maximum atomic E-state index is 13.4. The van der Waals surface area contributed by atoms with Crippen molar-refractivity contribution in [1.29, 1.82) is 0 Å². The fourth-order valence-electron chi connectivity index (χ4n) is 3.82. The van der Waals surface area contributed by atoms with E-state index in [-0.39, 0.29) is 24.8 Å². The number of methoxy groups -OCH3 is 1. The highest BCUT2D eigenvalue weighted by atomic mass is 35.5. The summed E-state index contributed by atoms with van der Waals surface area (Å²) >= 11 is 13.5. The Morgan fingerprint density at radius 1 is 1.02 bits per heavy atom. The molecule has 0 radical (unpaired) electrons. The monoisotopic (exact) mass is 607 g/mol. The number of amides is 1. The van der Waals surface area contributed by atoms with Crippen LogP contribution in [0, 0.1) is 0 Å². The molecule has 1 saturated heterocycles. The van der Waals surface area contributed by atoms with Crippen molar-refractivity contribution in [3.05, 3.63) is 116 Å². The maximum Gasteiger partial charge on any atom is 0.267 e. The van der Waals surface area contributed by atoms with Crippen LogP contribution >= 0.6 is 35.0 Å². The van der Waals surface area contributed by atoms with Crippen LogP contribution in [0.15, 0.2) is 98.6 Å². The number of aromatic hydroxyl groups is 1. The highest BCUT2D eigenvalue weighted by Crippen LogP contribution is 2.36. The van der Waals surface area contributed by atoms with Gasteiger partial charge in [0.2, 0.25) is 0 Å². The summed E-state index contributed by atoms with van der Waals surface area (Å²) < 4.78 is 17.0. The summed E-state index contributed by atoms with van der Waals surface area (Å²) in [6.45, 7) is 0.431. The molecule has 208 valence electrons. The molecule has 1 aliphatic rings. The molecular weight excluding hydrogens is 585 g/mol. The van der Waals surface area contributed by atoms with E-state index in [2.05, 4.69) is 10.2 Å². The Balaban J connectivity index is 1.36. The quantitative estimate of drug-likeness (QED) is 0.121. The highest BCUT2D eigenvalue weighted by molar-refractivity contribution is 8.18. The predicted molar refractivity (Wildman–Crippen MR) is 162 cm³/mol. The van der Waals surface area contributed by atoms with Gasteiger partial charge in [-0.25, -0.2) is 0 Å². The van der Waals surface area contributed by atoms with E-state index in [1.54, 1.807) is 92.4 Å². The number of amidine groups is 1. The molecule has 5 rings (SSSR count). The van der Waals surface area contributed by atoms with Gasteiger partial charge in [-0.1, -0.05) is 35.3 Å². The second kappa shape index (κ2) is 13.0. The molecule has 0 spiro atoms. The third kappa shape index (κ3) is 7.13. The number of phenols is 1. The standard InChI is InChI=1S/C30H23Cl2N3O5S/c1-38-27-13-20(6-11-26(27)40-18-21-7-8-22(31)15-25(21)32)14-28-29(37)35(17-24-3-2-12-39-24)30(41-28)34-33-16-19-4-9-23(36)10-5-19/h2-16,36H,17-18H2,1H3/b28-14-,33-16+,34-30-. The molecule has 0 bridgehead atoms. The van der Waals surface area contributed by atoms with E-state index < -0.39 is 0 Å². The van der Waals surface area contributed by atoms with E-state index in [1.807, 2.05) is 6.07 Å². The molecule has 4 aromatic rings. The first-order valence-corrected chi connectivity index (χ1v) is 13.9. The maximum absolute atomic E-state index is 13.4. The molecule has 1 amide bonds. The first kappa shape index (κ1) is 28.4. The molecule has 0 saturated carbocycles. The van der Waals surface area contributed by atoms with E-state index in [9.17, 15) is 9.90 Å². The summed E-state index contributed by atoms with van der Waals surface area (Å²) in [6, 6.07) is 20.7. The number of phenolic OH excluding ortho intramolecular Hbond substituents is 1. The first-order valence-electron chi connectivity index (χ1n) is 12.3. The molecule has 3 aromatic carbocycles. The number of furan rings is 1. The van der Waals surface area contributed by atoms with E-state index in [1.165, 1.54) is 16.7 Å². The van der Waals surface area contributed by atoms with E-state index >= 15 is 0 Å². The number of nitrogens with zero attached hydrogens (tertiary/aromatic N) is 3. The zero-order chi connectivity index (χ0) is 28.8. The van der Waals surface area contributed by atoms with Crippen LogP contribution in [0.1, 0.15) is 22.5 Å². The summed E-state index contributed by atoms with van der Waals surface area (Å²) in [5, 5.41) is 19.4. The fraction of sp³-hybridized carbons (Fsp3) is 0.100. The third-order valence-electron chi connectivity index (χ3n) is 5.91. The normalized spacial score (nSPS) is 15.4. The molecule has 41 heavy (non-hydrogen) atoms. The smallest absolute Gasteiger partial charge is 0.267 e. The van der Waals surface area contributed by atoms with Crippen LogP contribution in [0.5, 0.6) is 17.2 Å². The molecule has 11 heteroatoms. The number of carbonyl (C=O) groups excluding carboxylic acids is 1. The van der Waals surface area contributed by atoms with Crippen LogP contribution in [-0.2, 0) is 17.9 Å². The number of halogens is 2. The number of hydrogen-bond acceptors (Lipinski definition) is 8. The lowest BCUT2D eigenvalue weighted by Crippen LogP contribution is -2.28. The lowest BCUT2D eigenvalue weighted by atomic mass is 10.1. The predicted octanol–water partition coefficient (Wildman–Crippen LogP) is 7.39. The first-order chi connectivity index (χ1) is 19.9. The molecule has 8 nitrogen and oxygen atoms in total. The highest BCUT2D eigenvalue weighted by Gasteiger charge is 2.34. The van der Waals surface area contributed by atoms with Crippen LogP contribution in [0.4, 0.5) is 0 Å². The van der Waals surface area contributed by atoms with Crippen LogP contribution in [0.2, 0.25) is 10.0 Å². The Labute approximate surface area is 250 Å². The number of ether oxygens (including phenoxy) is 2. The fourth-order valence-corrected chi connectivity index (χ4v) is 5.22. The van der Waals surface area contributed by atoms with Gasteiger partial charge in [0.15, 0.2) is 16.7 Å². The average Bonchev–Trinajstić information content (AvgIpc) is 3.58. The van der Waals surface area contributed by atoms with Gasteiger partial charge < -0.3 is 19.0 Å². The minimum absolute atomic E-state index is 0.159. The van der Waals surface area contributed by atoms with E-state index in [0.717, 1.165) is 16.7 Å². The van der Waals surface area contributed by atoms with Gasteiger partial charge in [-0.15, -0.1) is 5.10 Å². The molecule has 1 N–H and O–H groups in total. The largest absolute Gasteiger partial charge is 0.508 e. The average molecular weight is 609 g/mol. The van der Waals surface area contributed by atoms with Gasteiger partial charge in [0.25, 0.3) is 5.91 Å². The van der Waals surface area contributed by atoms with Gasteiger partial charge in [0.05, 0.1) is 31.0 Å². The summed E-state index contributed by atoms with van der Waals surface area (Å²) in [5.74, 6) is 1.56. The SMILES string of the molecule is COc1cc(/C=C2\S/C(=N\N=C\c3ccc(O)cc3)N(Cc3ccco3)C2=O)ccc1OCc1ccc(Cl)cc1Cl. The molecule has 0 unspecified atom stereocenters. The molecule has 2 heterocycles. The van der Waals surface area contributed by atoms with Crippen molar-refractivity contribution in [1.82, 2.24) is 4.90 Å². The summed E-state index contributed by atoms with van der Waals surface area (Å²) in [5.41, 5.74) is 2.28. The lowest BCUT2D eigenvalue weighted by molar-refractivity contribution is -0.122. The Morgan fingerprint density at radius 3 is 2.56 bits per heavy atom. The summed E-state index contributed by atoms with van der Waals surface area (Å²) in [6.07, 6.45) is 4.86. The topological polar surface area (TPSA) is 96.9 Å². The van der Waals surface area contributed by atoms with Crippen LogP contribution in [0.3, 0.4) is 0 Å². The van der Waals surface area contributed by atoms with Gasteiger partial charge in [0, 0.05) is 15.6 Å². The number of thioether (sulfide) groups is 1. The zero-order valence-corrected chi connectivity index (χ0v) is 24.0. The molecule has 0 aliphatic carbocycles. The Bertz CT molecular complexity index is 1640. The summed E-state index contributed by atoms with van der Waals surface area (Å²) in [4.78, 5) is 15.4. The van der Waals surface area contributed by atoms with Crippen molar-refractivity contribution in [3.63, 3.8) is 0 Å². The number of carbonyl (C=O) groups is 1. The molecule has 1 aliphatic heterocycles. The molecule has 1 fully saturated rings. The van der Waals surface area contributed by atoms with Crippen molar-refractivity contribution in [2.45, 2.75) is 13.2 Å². The summed E-state index contributed by atoms with van der Waals surface area (Å²) in [7, 11) is 1.55. The van der Waals surface area contributed by atoms with Crippen molar-refractivity contribution in [3.8, 4) is 17.2 Å². The van der Waals surface area contributed by atoms with Crippen LogP contribution in [-0.4, -0.2) is 34.4 Å². The zero-order valence-electron chi connectivity index (χ0n) is 21.7. The number of hydrogen-bond donors (Lipinski definition) is 1. The third-order valence-corrected chi connectivity index (χ3v) is 7.49. The Hall–Kier alpha value is -4.18. The number of benzene rings is 3. The van der Waals surface area contributed by atoms with Crippen molar-refractivity contribution in [2.24, 2.45) is 10.2 Å². The minimum Gasteiger partial charge on any atom is -0.508 e. The Kier molecular flexibility index (Phi) is 8.98. The van der Waals surface area contributed by atoms with Gasteiger partial charge in [-0.2, -0.15) is 5.10 Å². The van der Waals surface area contributed by atoms with Crippen LogP contribution < -0.4 is 9.47 Å².